The van der Waals surface area contributed by atoms with E-state index in [4.69, 9.17) is 4.43 Å². The molecule has 0 heterocycles. The lowest BCUT2D eigenvalue weighted by atomic mass is 10.0. The van der Waals surface area contributed by atoms with Crippen LogP contribution >= 0.6 is 0 Å². The molecule has 0 unspecified atom stereocenters. The van der Waals surface area contributed by atoms with E-state index >= 15 is 0 Å². The van der Waals surface area contributed by atoms with Gasteiger partial charge in [-0.1, -0.05) is 69.9 Å². The minimum atomic E-state index is -3.66. The molecule has 0 fully saturated rings. The van der Waals surface area contributed by atoms with Gasteiger partial charge in [0.15, 0.2) is 8.32 Å². The highest BCUT2D eigenvalue weighted by molar-refractivity contribution is 7.89. The molecule has 30 heavy (non-hydrogen) atoms. The number of sulfonamides is 1. The zero-order valence-corrected chi connectivity index (χ0v) is 21.1. The van der Waals surface area contributed by atoms with Crippen LogP contribution in [0.1, 0.15) is 39.2 Å². The molecule has 1 aromatic carbocycles. The van der Waals surface area contributed by atoms with E-state index in [-0.39, 0.29) is 23.7 Å². The number of nitrogens with zero attached hydrogens (tertiary/aromatic N) is 1. The van der Waals surface area contributed by atoms with E-state index in [2.05, 4.69) is 47.0 Å². The number of hydrogen-bond acceptors (Lipinski definition) is 3. The highest BCUT2D eigenvalue weighted by Crippen LogP contribution is 2.38. The summed E-state index contributed by atoms with van der Waals surface area (Å²) in [4.78, 5) is 0.304. The van der Waals surface area contributed by atoms with E-state index in [1.807, 2.05) is 31.2 Å². The lowest BCUT2D eigenvalue weighted by Crippen LogP contribution is -2.46. The van der Waals surface area contributed by atoms with Crippen LogP contribution in [0.5, 0.6) is 0 Å². The molecule has 0 saturated heterocycles. The fraction of sp³-hybridized carbons (Fsp3) is 0.500. The zero-order valence-electron chi connectivity index (χ0n) is 19.3. The maximum absolute atomic E-state index is 13.4. The molecule has 2 atom stereocenters. The van der Waals surface area contributed by atoms with Gasteiger partial charge in [0.2, 0.25) is 10.0 Å². The van der Waals surface area contributed by atoms with E-state index in [1.54, 1.807) is 22.5 Å². The van der Waals surface area contributed by atoms with Crippen LogP contribution in [0.25, 0.3) is 0 Å². The maximum atomic E-state index is 13.4. The van der Waals surface area contributed by atoms with Gasteiger partial charge in [-0.05, 0) is 55.6 Å². The fourth-order valence-electron chi connectivity index (χ4n) is 3.16. The Morgan fingerprint density at radius 1 is 1.20 bits per heavy atom. The standard InChI is InChI=1S/C24H37NO3SSi/c1-9-19(2)18-25(29(26,27)23-16-10-20(3)11-17-23)21-12-14-22(15-13-21)28-30(7,8)24(4,5)6/h9-12,14,16-17,21-22H,1-2,13,15,18H2,3-8H3/t21-,22+/m0/s1. The molecule has 2 rings (SSSR count). The molecule has 0 aromatic heterocycles. The quantitative estimate of drug-likeness (QED) is 0.286. The van der Waals surface area contributed by atoms with Gasteiger partial charge in [-0.15, -0.1) is 0 Å². The van der Waals surface area contributed by atoms with Crippen LogP contribution in [-0.4, -0.2) is 39.7 Å². The van der Waals surface area contributed by atoms with Gasteiger partial charge in [0.25, 0.3) is 0 Å². The van der Waals surface area contributed by atoms with Crippen LogP contribution < -0.4 is 0 Å². The molecular weight excluding hydrogens is 410 g/mol. The first-order chi connectivity index (χ1) is 13.8. The number of benzene rings is 1. The molecular formula is C24H37NO3SSi. The van der Waals surface area contributed by atoms with Gasteiger partial charge in [0.1, 0.15) is 0 Å². The van der Waals surface area contributed by atoms with Crippen molar-refractivity contribution in [2.75, 3.05) is 6.54 Å². The third-order valence-electron chi connectivity index (χ3n) is 6.19. The Hall–Kier alpha value is -1.47. The van der Waals surface area contributed by atoms with Gasteiger partial charge < -0.3 is 4.43 Å². The van der Waals surface area contributed by atoms with Gasteiger partial charge in [0, 0.05) is 12.6 Å². The molecule has 0 N–H and O–H groups in total. The number of rotatable bonds is 8. The summed E-state index contributed by atoms with van der Waals surface area (Å²) in [5, 5.41) is 0.139. The average molecular weight is 448 g/mol. The fourth-order valence-corrected chi connectivity index (χ4v) is 6.09. The summed E-state index contributed by atoms with van der Waals surface area (Å²) in [5.74, 6) is 0. The summed E-state index contributed by atoms with van der Waals surface area (Å²) in [6.45, 7) is 21.0. The second-order valence-electron chi connectivity index (χ2n) is 9.67. The second kappa shape index (κ2) is 9.35. The monoisotopic (exact) mass is 447 g/mol. The SMILES string of the molecule is C=CC(=C)CN([C@H]1C=C[C@@H](O[Si](C)(C)C(C)(C)C)CC1)S(=O)(=O)c1ccc(C)cc1. The van der Waals surface area contributed by atoms with Crippen molar-refractivity contribution in [1.29, 1.82) is 0 Å². The maximum Gasteiger partial charge on any atom is 0.243 e. The molecule has 0 bridgehead atoms. The van der Waals surface area contributed by atoms with Crippen LogP contribution in [-0.2, 0) is 14.4 Å². The van der Waals surface area contributed by atoms with E-state index in [9.17, 15) is 8.42 Å². The second-order valence-corrected chi connectivity index (χ2v) is 16.3. The van der Waals surface area contributed by atoms with Crippen molar-refractivity contribution < 1.29 is 12.8 Å². The molecule has 0 spiro atoms. The normalized spacial score (nSPS) is 20.4. The molecule has 0 amide bonds. The Labute approximate surface area is 184 Å². The molecule has 166 valence electrons. The third-order valence-corrected chi connectivity index (χ3v) is 12.6. The summed E-state index contributed by atoms with van der Waals surface area (Å²) >= 11 is 0. The first kappa shape index (κ1) is 24.8. The van der Waals surface area contributed by atoms with E-state index < -0.39 is 18.3 Å². The first-order valence-electron chi connectivity index (χ1n) is 10.5. The van der Waals surface area contributed by atoms with Gasteiger partial charge in [0.05, 0.1) is 11.0 Å². The van der Waals surface area contributed by atoms with Crippen molar-refractivity contribution in [2.45, 2.75) is 75.7 Å². The molecule has 0 saturated carbocycles. The minimum Gasteiger partial charge on any atom is -0.411 e. The van der Waals surface area contributed by atoms with Gasteiger partial charge in [-0.25, -0.2) is 8.42 Å². The Morgan fingerprint density at radius 3 is 2.27 bits per heavy atom. The van der Waals surface area contributed by atoms with E-state index in [0.717, 1.165) is 12.0 Å². The van der Waals surface area contributed by atoms with Crippen molar-refractivity contribution in [2.24, 2.45) is 0 Å². The van der Waals surface area contributed by atoms with Gasteiger partial charge in [-0.3, -0.25) is 0 Å². The summed E-state index contributed by atoms with van der Waals surface area (Å²) in [5.41, 5.74) is 1.71. The van der Waals surface area contributed by atoms with Gasteiger partial charge in [-0.2, -0.15) is 4.31 Å². The highest BCUT2D eigenvalue weighted by Gasteiger charge is 2.40. The molecule has 1 aliphatic rings. The molecule has 0 aliphatic heterocycles. The van der Waals surface area contributed by atoms with Crippen molar-refractivity contribution in [1.82, 2.24) is 4.31 Å². The van der Waals surface area contributed by atoms with Crippen molar-refractivity contribution in [3.05, 3.63) is 66.8 Å². The largest absolute Gasteiger partial charge is 0.411 e. The van der Waals surface area contributed by atoms with Crippen molar-refractivity contribution in [3.8, 4) is 0 Å². The first-order valence-corrected chi connectivity index (χ1v) is 14.9. The zero-order chi connectivity index (χ0) is 22.7. The van der Waals surface area contributed by atoms with Crippen LogP contribution in [0.3, 0.4) is 0 Å². The predicted octanol–water partition coefficient (Wildman–Crippen LogP) is 5.84. The third kappa shape index (κ3) is 5.81. The number of aryl methyl sites for hydroxylation is 1. The highest BCUT2D eigenvalue weighted by atomic mass is 32.2. The van der Waals surface area contributed by atoms with Gasteiger partial charge >= 0.3 is 0 Å². The molecule has 1 aromatic rings. The Kier molecular flexibility index (Phi) is 7.72. The summed E-state index contributed by atoms with van der Waals surface area (Å²) in [7, 11) is -5.54. The minimum absolute atomic E-state index is 0.0358. The topological polar surface area (TPSA) is 46.6 Å². The lowest BCUT2D eigenvalue weighted by molar-refractivity contribution is 0.192. The van der Waals surface area contributed by atoms with Crippen LogP contribution in [0.4, 0.5) is 0 Å². The smallest absolute Gasteiger partial charge is 0.243 e. The van der Waals surface area contributed by atoms with E-state index in [0.29, 0.717) is 16.9 Å². The molecule has 0 radical (unpaired) electrons. The van der Waals surface area contributed by atoms with Crippen LogP contribution in [0.2, 0.25) is 18.1 Å². The summed E-state index contributed by atoms with van der Waals surface area (Å²) in [6.07, 6.45) is 7.20. The summed E-state index contributed by atoms with van der Waals surface area (Å²) < 4.78 is 34.9. The van der Waals surface area contributed by atoms with Crippen molar-refractivity contribution >= 4 is 18.3 Å². The average Bonchev–Trinajstić information content (AvgIpc) is 2.65. The van der Waals surface area contributed by atoms with Crippen LogP contribution in [0.15, 0.2) is 66.1 Å². The molecule has 1 aliphatic carbocycles. The van der Waals surface area contributed by atoms with Crippen LogP contribution in [0, 0.1) is 6.92 Å². The predicted molar refractivity (Wildman–Crippen MR) is 129 cm³/mol. The Balaban J connectivity index is 2.28. The Bertz CT molecular complexity index is 895. The molecule has 6 heteroatoms. The lowest BCUT2D eigenvalue weighted by Gasteiger charge is -2.40. The van der Waals surface area contributed by atoms with Crippen molar-refractivity contribution in [3.63, 3.8) is 0 Å². The summed E-state index contributed by atoms with van der Waals surface area (Å²) in [6, 6.07) is 6.77. The van der Waals surface area contributed by atoms with E-state index in [1.165, 1.54) is 0 Å². The molecule has 4 nitrogen and oxygen atoms in total. The Morgan fingerprint density at radius 2 is 1.80 bits per heavy atom. The number of hydrogen-bond donors (Lipinski definition) is 0.